The van der Waals surface area contributed by atoms with Gasteiger partial charge >= 0.3 is 0 Å². The second kappa shape index (κ2) is 5.29. The van der Waals surface area contributed by atoms with E-state index in [4.69, 9.17) is 4.74 Å². The van der Waals surface area contributed by atoms with Crippen LogP contribution in [0.25, 0.3) is 0 Å². The predicted octanol–water partition coefficient (Wildman–Crippen LogP) is 2.43. The summed E-state index contributed by atoms with van der Waals surface area (Å²) < 4.78 is 5.17. The Morgan fingerprint density at radius 3 is 2.56 bits per heavy atom. The normalized spacial score (nSPS) is 23.9. The van der Waals surface area contributed by atoms with Crippen LogP contribution in [-0.2, 0) is 6.54 Å². The molecule has 0 saturated carbocycles. The van der Waals surface area contributed by atoms with Crippen LogP contribution in [0.3, 0.4) is 0 Å². The zero-order valence-electron chi connectivity index (χ0n) is 11.5. The van der Waals surface area contributed by atoms with Crippen molar-refractivity contribution < 1.29 is 9.84 Å². The molecule has 1 aromatic carbocycles. The average Bonchev–Trinajstić information content (AvgIpc) is 2.33. The van der Waals surface area contributed by atoms with E-state index < -0.39 is 0 Å². The van der Waals surface area contributed by atoms with E-state index in [9.17, 15) is 5.11 Å². The third-order valence-corrected chi connectivity index (χ3v) is 3.86. The molecule has 3 nitrogen and oxygen atoms in total. The lowest BCUT2D eigenvalue weighted by Crippen LogP contribution is -2.50. The van der Waals surface area contributed by atoms with Gasteiger partial charge in [0, 0.05) is 18.6 Å². The average molecular weight is 249 g/mol. The first-order valence-electron chi connectivity index (χ1n) is 6.57. The third-order valence-electron chi connectivity index (χ3n) is 3.86. The molecule has 1 aliphatic heterocycles. The summed E-state index contributed by atoms with van der Waals surface area (Å²) in [5.74, 6) is 0.895. The Kier molecular flexibility index (Phi) is 3.93. The van der Waals surface area contributed by atoms with Crippen LogP contribution in [0.1, 0.15) is 32.3 Å². The Morgan fingerprint density at radius 2 is 2.00 bits per heavy atom. The number of aliphatic hydroxyl groups excluding tert-OH is 1. The van der Waals surface area contributed by atoms with Crippen molar-refractivity contribution in [3.8, 4) is 5.75 Å². The lowest BCUT2D eigenvalue weighted by atomic mass is 9.88. The topological polar surface area (TPSA) is 32.7 Å². The van der Waals surface area contributed by atoms with Crippen molar-refractivity contribution in [2.45, 2.75) is 44.9 Å². The van der Waals surface area contributed by atoms with Gasteiger partial charge in [0.2, 0.25) is 0 Å². The molecule has 0 aliphatic carbocycles. The molecule has 100 valence electrons. The Labute approximate surface area is 109 Å². The van der Waals surface area contributed by atoms with E-state index in [2.05, 4.69) is 30.9 Å². The van der Waals surface area contributed by atoms with Crippen molar-refractivity contribution in [2.75, 3.05) is 13.7 Å². The van der Waals surface area contributed by atoms with Crippen LogP contribution in [0, 0.1) is 0 Å². The number of likely N-dealkylation sites (tertiary alicyclic amines) is 1. The quantitative estimate of drug-likeness (QED) is 0.893. The second-order valence-electron chi connectivity index (χ2n) is 5.73. The number of rotatable bonds is 3. The molecule has 1 aromatic rings. The van der Waals surface area contributed by atoms with E-state index in [0.29, 0.717) is 0 Å². The van der Waals surface area contributed by atoms with Gasteiger partial charge in [-0.1, -0.05) is 12.1 Å². The Hall–Kier alpha value is -1.06. The summed E-state index contributed by atoms with van der Waals surface area (Å²) in [6.07, 6.45) is 1.58. The fourth-order valence-corrected chi connectivity index (χ4v) is 2.66. The van der Waals surface area contributed by atoms with E-state index in [1.54, 1.807) is 7.11 Å². The highest BCUT2D eigenvalue weighted by atomic mass is 16.5. The molecule has 1 saturated heterocycles. The molecule has 1 aliphatic rings. The minimum atomic E-state index is -0.146. The molecular formula is C15H23NO2. The van der Waals surface area contributed by atoms with Crippen molar-refractivity contribution in [3.63, 3.8) is 0 Å². The molecule has 3 heteroatoms. The molecule has 1 atom stereocenters. The van der Waals surface area contributed by atoms with Gasteiger partial charge in [-0.25, -0.2) is 0 Å². The maximum atomic E-state index is 9.75. The van der Waals surface area contributed by atoms with Gasteiger partial charge in [-0.2, -0.15) is 0 Å². The van der Waals surface area contributed by atoms with E-state index in [0.717, 1.165) is 31.7 Å². The van der Waals surface area contributed by atoms with Crippen LogP contribution in [0.4, 0.5) is 0 Å². The molecule has 1 heterocycles. The minimum absolute atomic E-state index is 0.0671. The van der Waals surface area contributed by atoms with Crippen molar-refractivity contribution >= 4 is 0 Å². The fourth-order valence-electron chi connectivity index (χ4n) is 2.66. The molecule has 1 N–H and O–H groups in total. The molecule has 1 unspecified atom stereocenters. The van der Waals surface area contributed by atoms with Crippen molar-refractivity contribution in [3.05, 3.63) is 29.8 Å². The van der Waals surface area contributed by atoms with Crippen LogP contribution >= 0.6 is 0 Å². The van der Waals surface area contributed by atoms with Gasteiger partial charge < -0.3 is 9.84 Å². The maximum absolute atomic E-state index is 9.75. The highest BCUT2D eigenvalue weighted by Gasteiger charge is 2.33. The highest BCUT2D eigenvalue weighted by molar-refractivity contribution is 5.27. The molecule has 0 radical (unpaired) electrons. The van der Waals surface area contributed by atoms with Gasteiger partial charge in [-0.05, 0) is 44.4 Å². The van der Waals surface area contributed by atoms with Crippen molar-refractivity contribution in [1.29, 1.82) is 0 Å². The number of hydrogen-bond donors (Lipinski definition) is 1. The van der Waals surface area contributed by atoms with Crippen molar-refractivity contribution in [2.24, 2.45) is 0 Å². The van der Waals surface area contributed by atoms with Gasteiger partial charge in [-0.15, -0.1) is 0 Å². The summed E-state index contributed by atoms with van der Waals surface area (Å²) in [6, 6.07) is 8.22. The monoisotopic (exact) mass is 249 g/mol. The van der Waals surface area contributed by atoms with E-state index in [1.165, 1.54) is 5.56 Å². The Bertz CT molecular complexity index is 386. The first-order valence-corrected chi connectivity index (χ1v) is 6.57. The third kappa shape index (κ3) is 3.03. The number of nitrogens with zero attached hydrogens (tertiary/aromatic N) is 1. The van der Waals surface area contributed by atoms with Gasteiger partial charge in [-0.3, -0.25) is 4.90 Å². The molecule has 1 fully saturated rings. The number of piperidine rings is 1. The van der Waals surface area contributed by atoms with Gasteiger partial charge in [0.1, 0.15) is 5.75 Å². The van der Waals surface area contributed by atoms with Gasteiger partial charge in [0.15, 0.2) is 0 Å². The van der Waals surface area contributed by atoms with Crippen LogP contribution in [0.2, 0.25) is 0 Å². The molecule has 2 rings (SSSR count). The van der Waals surface area contributed by atoms with Gasteiger partial charge in [0.25, 0.3) is 0 Å². The SMILES string of the molecule is COc1ccc(CN2CCC(O)CC2(C)C)cc1. The number of benzene rings is 1. The van der Waals surface area contributed by atoms with Crippen LogP contribution < -0.4 is 4.74 Å². The molecule has 0 bridgehead atoms. The van der Waals surface area contributed by atoms with E-state index >= 15 is 0 Å². The molecule has 18 heavy (non-hydrogen) atoms. The number of methoxy groups -OCH3 is 1. The lowest BCUT2D eigenvalue weighted by molar-refractivity contribution is -0.00717. The van der Waals surface area contributed by atoms with Gasteiger partial charge in [0.05, 0.1) is 13.2 Å². The Morgan fingerprint density at radius 1 is 1.33 bits per heavy atom. The summed E-state index contributed by atoms with van der Waals surface area (Å²) in [6.45, 7) is 6.31. The zero-order valence-corrected chi connectivity index (χ0v) is 11.5. The second-order valence-corrected chi connectivity index (χ2v) is 5.73. The number of aliphatic hydroxyl groups is 1. The predicted molar refractivity (Wildman–Crippen MR) is 72.7 cm³/mol. The minimum Gasteiger partial charge on any atom is -0.497 e. The zero-order chi connectivity index (χ0) is 13.2. The van der Waals surface area contributed by atoms with E-state index in [-0.39, 0.29) is 11.6 Å². The number of ether oxygens (including phenoxy) is 1. The smallest absolute Gasteiger partial charge is 0.118 e. The molecule has 0 aromatic heterocycles. The molecular weight excluding hydrogens is 226 g/mol. The lowest BCUT2D eigenvalue weighted by Gasteiger charge is -2.44. The first-order chi connectivity index (χ1) is 8.51. The maximum Gasteiger partial charge on any atom is 0.118 e. The first kappa shape index (κ1) is 13.4. The summed E-state index contributed by atoms with van der Waals surface area (Å²) in [5.41, 5.74) is 1.36. The Balaban J connectivity index is 2.03. The fraction of sp³-hybridized carbons (Fsp3) is 0.600. The molecule has 0 amide bonds. The van der Waals surface area contributed by atoms with Crippen molar-refractivity contribution in [1.82, 2.24) is 4.90 Å². The molecule has 0 spiro atoms. The summed E-state index contributed by atoms with van der Waals surface area (Å²) >= 11 is 0. The van der Waals surface area contributed by atoms with Crippen LogP contribution in [0.5, 0.6) is 5.75 Å². The van der Waals surface area contributed by atoms with Crippen LogP contribution in [0.15, 0.2) is 24.3 Å². The highest BCUT2D eigenvalue weighted by Crippen LogP contribution is 2.29. The summed E-state index contributed by atoms with van der Waals surface area (Å²) in [4.78, 5) is 2.45. The summed E-state index contributed by atoms with van der Waals surface area (Å²) in [5, 5.41) is 9.75. The van der Waals surface area contributed by atoms with Crippen LogP contribution in [-0.4, -0.2) is 35.3 Å². The largest absolute Gasteiger partial charge is 0.497 e. The summed E-state index contributed by atoms with van der Waals surface area (Å²) in [7, 11) is 1.68. The van der Waals surface area contributed by atoms with E-state index in [1.807, 2.05) is 12.1 Å². The standard InChI is InChI=1S/C15H23NO2/c1-15(2)10-13(17)8-9-16(15)11-12-4-6-14(18-3)7-5-12/h4-7,13,17H,8-11H2,1-3H3. The number of hydrogen-bond acceptors (Lipinski definition) is 3.